The zero-order chi connectivity index (χ0) is 18.8. The number of ether oxygens (including phenoxy) is 4. The van der Waals surface area contributed by atoms with Gasteiger partial charge in [0, 0.05) is 23.7 Å². The monoisotopic (exact) mass is 358 g/mol. The molecular formula is C18H18N2O6. The van der Waals surface area contributed by atoms with Crippen molar-refractivity contribution in [1.29, 1.82) is 0 Å². The van der Waals surface area contributed by atoms with Crippen molar-refractivity contribution in [3.8, 4) is 28.7 Å². The van der Waals surface area contributed by atoms with Crippen LogP contribution in [0.15, 0.2) is 36.5 Å². The van der Waals surface area contributed by atoms with Crippen molar-refractivity contribution in [3.63, 3.8) is 0 Å². The Morgan fingerprint density at radius 3 is 2.15 bits per heavy atom. The molecule has 3 rings (SSSR count). The van der Waals surface area contributed by atoms with E-state index in [0.717, 1.165) is 10.9 Å². The van der Waals surface area contributed by atoms with Crippen LogP contribution in [-0.2, 0) is 0 Å². The van der Waals surface area contributed by atoms with E-state index in [1.54, 1.807) is 31.5 Å². The highest BCUT2D eigenvalue weighted by Crippen LogP contribution is 2.44. The molecule has 8 nitrogen and oxygen atoms in total. The second-order valence-corrected chi connectivity index (χ2v) is 5.38. The number of rotatable bonds is 6. The Morgan fingerprint density at radius 1 is 0.885 bits per heavy atom. The fourth-order valence-electron chi connectivity index (χ4n) is 2.95. The first-order valence-electron chi connectivity index (χ1n) is 7.68. The molecule has 0 saturated heterocycles. The van der Waals surface area contributed by atoms with Gasteiger partial charge in [0.05, 0.1) is 44.6 Å². The average Bonchev–Trinajstić information content (AvgIpc) is 3.09. The second kappa shape index (κ2) is 6.83. The molecule has 0 aliphatic heterocycles. The fraction of sp³-hybridized carbons (Fsp3) is 0.222. The second-order valence-electron chi connectivity index (χ2n) is 5.38. The van der Waals surface area contributed by atoms with Crippen LogP contribution >= 0.6 is 0 Å². The van der Waals surface area contributed by atoms with Gasteiger partial charge in [0.2, 0.25) is 5.75 Å². The van der Waals surface area contributed by atoms with E-state index in [1.807, 2.05) is 10.6 Å². The van der Waals surface area contributed by atoms with Crippen LogP contribution in [0, 0.1) is 10.1 Å². The summed E-state index contributed by atoms with van der Waals surface area (Å²) in [4.78, 5) is 10.8. The van der Waals surface area contributed by atoms with E-state index in [4.69, 9.17) is 18.9 Å². The smallest absolute Gasteiger partial charge is 0.312 e. The minimum Gasteiger partial charge on any atom is -0.493 e. The van der Waals surface area contributed by atoms with Gasteiger partial charge in [-0.3, -0.25) is 10.1 Å². The van der Waals surface area contributed by atoms with E-state index in [-0.39, 0.29) is 11.4 Å². The minimum absolute atomic E-state index is 0.112. The van der Waals surface area contributed by atoms with Gasteiger partial charge in [-0.2, -0.15) is 0 Å². The summed E-state index contributed by atoms with van der Waals surface area (Å²) in [5, 5.41) is 12.1. The predicted molar refractivity (Wildman–Crippen MR) is 96.1 cm³/mol. The van der Waals surface area contributed by atoms with E-state index < -0.39 is 4.92 Å². The molecule has 3 aromatic rings. The summed E-state index contributed by atoms with van der Waals surface area (Å²) in [6.45, 7) is 0. The summed E-state index contributed by atoms with van der Waals surface area (Å²) >= 11 is 0. The number of nitro groups is 1. The first-order valence-corrected chi connectivity index (χ1v) is 7.68. The maximum Gasteiger partial charge on any atom is 0.312 e. The van der Waals surface area contributed by atoms with Crippen molar-refractivity contribution in [2.75, 3.05) is 28.4 Å². The van der Waals surface area contributed by atoms with Gasteiger partial charge in [-0.05, 0) is 18.2 Å². The molecule has 26 heavy (non-hydrogen) atoms. The largest absolute Gasteiger partial charge is 0.493 e. The number of nitrogens with zero attached hydrogens (tertiary/aromatic N) is 2. The summed E-state index contributed by atoms with van der Waals surface area (Å²) in [5.74, 6) is 1.72. The Morgan fingerprint density at radius 2 is 1.58 bits per heavy atom. The number of methoxy groups -OCH3 is 4. The predicted octanol–water partition coefficient (Wildman–Crippen LogP) is 3.57. The van der Waals surface area contributed by atoms with Crippen LogP contribution in [0.4, 0.5) is 5.69 Å². The summed E-state index contributed by atoms with van der Waals surface area (Å²) in [5.41, 5.74) is 1.26. The summed E-state index contributed by atoms with van der Waals surface area (Å²) in [6, 6.07) is 8.42. The quantitative estimate of drug-likeness (QED) is 0.495. The molecule has 136 valence electrons. The SMILES string of the molecule is COc1ccc(-n2ccc3c(OC)c(OC)c(OC)cc32)cc1[N+](=O)[O-]. The maximum absolute atomic E-state index is 11.3. The molecule has 0 aliphatic rings. The normalized spacial score (nSPS) is 10.6. The topological polar surface area (TPSA) is 85.0 Å². The first-order chi connectivity index (χ1) is 12.5. The van der Waals surface area contributed by atoms with E-state index in [0.29, 0.717) is 22.9 Å². The average molecular weight is 358 g/mol. The molecule has 0 fully saturated rings. The van der Waals surface area contributed by atoms with Crippen LogP contribution in [0.3, 0.4) is 0 Å². The molecule has 0 N–H and O–H groups in total. The van der Waals surface area contributed by atoms with Crippen molar-refractivity contribution in [1.82, 2.24) is 4.57 Å². The Hall–Kier alpha value is -3.42. The Balaban J connectivity index is 2.27. The van der Waals surface area contributed by atoms with Crippen LogP contribution in [-0.4, -0.2) is 37.9 Å². The number of benzene rings is 2. The van der Waals surface area contributed by atoms with Gasteiger partial charge >= 0.3 is 5.69 Å². The van der Waals surface area contributed by atoms with Crippen molar-refractivity contribution in [2.45, 2.75) is 0 Å². The van der Waals surface area contributed by atoms with Crippen LogP contribution in [0.25, 0.3) is 16.6 Å². The van der Waals surface area contributed by atoms with E-state index in [9.17, 15) is 10.1 Å². The number of hydrogen-bond donors (Lipinski definition) is 0. The van der Waals surface area contributed by atoms with Crippen LogP contribution in [0.1, 0.15) is 0 Å². The molecule has 0 bridgehead atoms. The summed E-state index contributed by atoms with van der Waals surface area (Å²) in [7, 11) is 6.02. The number of aromatic nitrogens is 1. The third kappa shape index (κ3) is 2.65. The van der Waals surface area contributed by atoms with Crippen molar-refractivity contribution in [3.05, 3.63) is 46.6 Å². The highest BCUT2D eigenvalue weighted by atomic mass is 16.6. The molecule has 0 aliphatic carbocycles. The van der Waals surface area contributed by atoms with Crippen molar-refractivity contribution in [2.24, 2.45) is 0 Å². The molecule has 0 amide bonds. The maximum atomic E-state index is 11.3. The summed E-state index contributed by atoms with van der Waals surface area (Å²) in [6.07, 6.45) is 1.80. The van der Waals surface area contributed by atoms with E-state index in [2.05, 4.69) is 0 Å². The Bertz CT molecular complexity index is 979. The van der Waals surface area contributed by atoms with Gasteiger partial charge < -0.3 is 23.5 Å². The van der Waals surface area contributed by atoms with E-state index >= 15 is 0 Å². The number of nitro benzene ring substituents is 1. The third-order valence-electron chi connectivity index (χ3n) is 4.13. The zero-order valence-electron chi connectivity index (χ0n) is 14.8. The molecule has 1 aromatic heterocycles. The standard InChI is InChI=1S/C18H18N2O6/c1-23-15-6-5-11(9-14(15)20(21)22)19-8-7-12-13(19)10-16(24-2)18(26-4)17(12)25-3/h5-10H,1-4H3. The van der Waals surface area contributed by atoms with Gasteiger partial charge in [0.15, 0.2) is 17.2 Å². The molecule has 8 heteroatoms. The first kappa shape index (κ1) is 17.4. The lowest BCUT2D eigenvalue weighted by atomic mass is 10.2. The lowest BCUT2D eigenvalue weighted by Gasteiger charge is -2.14. The number of hydrogen-bond acceptors (Lipinski definition) is 6. The highest BCUT2D eigenvalue weighted by Gasteiger charge is 2.20. The minimum atomic E-state index is -0.474. The van der Waals surface area contributed by atoms with Gasteiger partial charge in [-0.1, -0.05) is 0 Å². The molecule has 1 heterocycles. The molecule has 0 saturated carbocycles. The molecule has 2 aromatic carbocycles. The van der Waals surface area contributed by atoms with Crippen LogP contribution in [0.5, 0.6) is 23.0 Å². The van der Waals surface area contributed by atoms with Gasteiger partial charge in [-0.25, -0.2) is 0 Å². The molecule has 0 radical (unpaired) electrons. The fourth-order valence-corrected chi connectivity index (χ4v) is 2.95. The Kier molecular flexibility index (Phi) is 4.57. The molecule has 0 unspecified atom stereocenters. The van der Waals surface area contributed by atoms with E-state index in [1.165, 1.54) is 27.4 Å². The molecular weight excluding hydrogens is 340 g/mol. The highest BCUT2D eigenvalue weighted by molar-refractivity contribution is 5.92. The zero-order valence-corrected chi connectivity index (χ0v) is 14.8. The number of fused-ring (bicyclic) bond motifs is 1. The lowest BCUT2D eigenvalue weighted by molar-refractivity contribution is -0.385. The molecule has 0 atom stereocenters. The van der Waals surface area contributed by atoms with Crippen LogP contribution < -0.4 is 18.9 Å². The third-order valence-corrected chi connectivity index (χ3v) is 4.13. The van der Waals surface area contributed by atoms with Gasteiger partial charge in [0.25, 0.3) is 0 Å². The molecule has 0 spiro atoms. The Labute approximate surface area is 149 Å². The van der Waals surface area contributed by atoms with Crippen LogP contribution in [0.2, 0.25) is 0 Å². The van der Waals surface area contributed by atoms with Crippen molar-refractivity contribution < 1.29 is 23.9 Å². The van der Waals surface area contributed by atoms with Gasteiger partial charge in [0.1, 0.15) is 0 Å². The van der Waals surface area contributed by atoms with Crippen molar-refractivity contribution >= 4 is 16.6 Å². The van der Waals surface area contributed by atoms with Gasteiger partial charge in [-0.15, -0.1) is 0 Å². The summed E-state index contributed by atoms with van der Waals surface area (Å²) < 4.78 is 23.2. The lowest BCUT2D eigenvalue weighted by Crippen LogP contribution is -1.99.